The number of halogens is 1. The molecule has 0 fully saturated rings. The minimum absolute atomic E-state index is 0.0898. The Balaban J connectivity index is 2.09. The number of rotatable bonds is 5. The fourth-order valence-corrected chi connectivity index (χ4v) is 1.71. The molecule has 0 unspecified atom stereocenters. The van der Waals surface area contributed by atoms with Gasteiger partial charge in [-0.15, -0.1) is 0 Å². The minimum atomic E-state index is -0.465. The van der Waals surface area contributed by atoms with Crippen LogP contribution in [0.4, 0.5) is 10.1 Å². The van der Waals surface area contributed by atoms with Crippen LogP contribution >= 0.6 is 0 Å². The molecule has 0 aliphatic heterocycles. The molecule has 0 radical (unpaired) electrons. The lowest BCUT2D eigenvalue weighted by molar-refractivity contribution is 0.328. The maximum absolute atomic E-state index is 13.1. The summed E-state index contributed by atoms with van der Waals surface area (Å²) >= 11 is 0. The summed E-state index contributed by atoms with van der Waals surface area (Å²) in [5, 5.41) is 12.4. The molecule has 2 N–H and O–H groups in total. The summed E-state index contributed by atoms with van der Waals surface area (Å²) in [4.78, 5) is 4.11. The van der Waals surface area contributed by atoms with Crippen molar-refractivity contribution in [1.82, 2.24) is 4.98 Å². The average molecular weight is 262 g/mol. The van der Waals surface area contributed by atoms with Gasteiger partial charge < -0.3 is 15.2 Å². The van der Waals surface area contributed by atoms with Gasteiger partial charge in [-0.25, -0.2) is 9.37 Å². The van der Waals surface area contributed by atoms with Crippen molar-refractivity contribution in [2.75, 3.05) is 11.9 Å². The Morgan fingerprint density at radius 1 is 1.37 bits per heavy atom. The van der Waals surface area contributed by atoms with Crippen LogP contribution in [0.2, 0.25) is 0 Å². The van der Waals surface area contributed by atoms with Crippen LogP contribution in [0.1, 0.15) is 12.5 Å². The first-order valence-corrected chi connectivity index (χ1v) is 5.99. The van der Waals surface area contributed by atoms with E-state index in [1.54, 1.807) is 12.3 Å². The molecule has 1 aromatic carbocycles. The molecule has 2 aromatic rings. The van der Waals surface area contributed by atoms with Gasteiger partial charge >= 0.3 is 0 Å². The molecule has 100 valence electrons. The third-order valence-corrected chi connectivity index (χ3v) is 2.48. The van der Waals surface area contributed by atoms with Gasteiger partial charge in [-0.2, -0.15) is 0 Å². The number of aromatic hydroxyl groups is 1. The van der Waals surface area contributed by atoms with Gasteiger partial charge in [-0.3, -0.25) is 0 Å². The van der Waals surface area contributed by atoms with Crippen molar-refractivity contribution < 1.29 is 14.2 Å². The van der Waals surface area contributed by atoms with Crippen LogP contribution in [0.25, 0.3) is 0 Å². The minimum Gasteiger partial charge on any atom is -0.508 e. The Kier molecular flexibility index (Phi) is 4.18. The highest BCUT2D eigenvalue weighted by molar-refractivity contribution is 5.52. The third kappa shape index (κ3) is 3.58. The second-order valence-corrected chi connectivity index (χ2v) is 3.96. The van der Waals surface area contributed by atoms with E-state index >= 15 is 0 Å². The van der Waals surface area contributed by atoms with Gasteiger partial charge in [0, 0.05) is 18.8 Å². The topological polar surface area (TPSA) is 54.4 Å². The molecule has 0 saturated carbocycles. The number of nitrogens with zero attached hydrogens (tertiary/aromatic N) is 1. The highest BCUT2D eigenvalue weighted by atomic mass is 19.1. The zero-order valence-electron chi connectivity index (χ0n) is 10.6. The number of hydrogen-bond acceptors (Lipinski definition) is 4. The van der Waals surface area contributed by atoms with Crippen LogP contribution in [-0.4, -0.2) is 16.7 Å². The van der Waals surface area contributed by atoms with E-state index in [9.17, 15) is 9.50 Å². The molecule has 0 saturated heterocycles. The van der Waals surface area contributed by atoms with E-state index in [0.29, 0.717) is 24.6 Å². The predicted octanol–water partition coefficient (Wildman–Crippen LogP) is 2.94. The van der Waals surface area contributed by atoms with Crippen LogP contribution in [0.3, 0.4) is 0 Å². The molecule has 0 bridgehead atoms. The van der Waals surface area contributed by atoms with Crippen molar-refractivity contribution in [3.05, 3.63) is 47.9 Å². The predicted molar refractivity (Wildman–Crippen MR) is 70.8 cm³/mol. The van der Waals surface area contributed by atoms with E-state index in [0.717, 1.165) is 11.8 Å². The smallest absolute Gasteiger partial charge is 0.237 e. The summed E-state index contributed by atoms with van der Waals surface area (Å²) < 4.78 is 18.5. The van der Waals surface area contributed by atoms with E-state index in [-0.39, 0.29) is 5.75 Å². The normalized spacial score (nSPS) is 10.2. The Morgan fingerprint density at radius 2 is 2.21 bits per heavy atom. The molecule has 4 nitrogen and oxygen atoms in total. The summed E-state index contributed by atoms with van der Waals surface area (Å²) in [5.74, 6) is -0.0494. The van der Waals surface area contributed by atoms with Crippen LogP contribution in [-0.2, 0) is 6.54 Å². The molecule has 19 heavy (non-hydrogen) atoms. The Labute approximate surface area is 110 Å². The van der Waals surface area contributed by atoms with Gasteiger partial charge in [0.15, 0.2) is 0 Å². The van der Waals surface area contributed by atoms with Gasteiger partial charge in [-0.1, -0.05) is 0 Å². The number of phenolic OH excluding ortho intramolecular Hbond substituents is 1. The highest BCUT2D eigenvalue weighted by Crippen LogP contribution is 2.22. The third-order valence-electron chi connectivity index (χ3n) is 2.48. The van der Waals surface area contributed by atoms with Gasteiger partial charge in [-0.05, 0) is 36.8 Å². The summed E-state index contributed by atoms with van der Waals surface area (Å²) in [6, 6.07) is 7.56. The molecule has 0 amide bonds. The summed E-state index contributed by atoms with van der Waals surface area (Å²) in [5.41, 5.74) is 1.37. The lowest BCUT2D eigenvalue weighted by Crippen LogP contribution is -2.04. The van der Waals surface area contributed by atoms with Crippen molar-refractivity contribution in [1.29, 1.82) is 0 Å². The number of nitrogens with one attached hydrogen (secondary N) is 1. The first-order valence-electron chi connectivity index (χ1n) is 5.99. The van der Waals surface area contributed by atoms with Crippen molar-refractivity contribution in [2.24, 2.45) is 0 Å². The van der Waals surface area contributed by atoms with Gasteiger partial charge in [0.25, 0.3) is 0 Å². The van der Waals surface area contributed by atoms with Gasteiger partial charge in [0.1, 0.15) is 11.6 Å². The van der Waals surface area contributed by atoms with Crippen molar-refractivity contribution in [3.8, 4) is 11.6 Å². The summed E-state index contributed by atoms with van der Waals surface area (Å²) in [6.45, 7) is 2.77. The highest BCUT2D eigenvalue weighted by Gasteiger charge is 2.05. The molecule has 0 aliphatic rings. The fraction of sp³-hybridized carbons (Fsp3) is 0.214. The van der Waals surface area contributed by atoms with Crippen LogP contribution < -0.4 is 10.1 Å². The SMILES string of the molecule is CCOc1ncccc1NCc1cc(O)cc(F)c1. The maximum Gasteiger partial charge on any atom is 0.237 e. The van der Waals surface area contributed by atoms with Crippen LogP contribution in [0.15, 0.2) is 36.5 Å². The molecule has 0 aliphatic carbocycles. The van der Waals surface area contributed by atoms with E-state index in [1.807, 2.05) is 13.0 Å². The summed E-state index contributed by atoms with van der Waals surface area (Å²) in [6.07, 6.45) is 1.64. The van der Waals surface area contributed by atoms with Crippen molar-refractivity contribution in [2.45, 2.75) is 13.5 Å². The fourth-order valence-electron chi connectivity index (χ4n) is 1.71. The molecule has 5 heteroatoms. The Hall–Kier alpha value is -2.30. The Bertz CT molecular complexity index is 541. The standard InChI is InChI=1S/C14H15FN2O2/c1-2-19-14-13(4-3-5-16-14)17-9-10-6-11(15)8-12(18)7-10/h3-8,17-18H,2,9H2,1H3. The maximum atomic E-state index is 13.1. The average Bonchev–Trinajstić information content (AvgIpc) is 2.37. The molecule has 0 spiro atoms. The molecule has 1 aromatic heterocycles. The van der Waals surface area contributed by atoms with E-state index in [4.69, 9.17) is 4.74 Å². The van der Waals surface area contributed by atoms with Crippen molar-refractivity contribution in [3.63, 3.8) is 0 Å². The number of phenols is 1. The number of aromatic nitrogens is 1. The van der Waals surface area contributed by atoms with E-state index in [2.05, 4.69) is 10.3 Å². The van der Waals surface area contributed by atoms with Crippen LogP contribution in [0.5, 0.6) is 11.6 Å². The van der Waals surface area contributed by atoms with E-state index in [1.165, 1.54) is 12.1 Å². The lowest BCUT2D eigenvalue weighted by Gasteiger charge is -2.11. The monoisotopic (exact) mass is 262 g/mol. The quantitative estimate of drug-likeness (QED) is 0.870. The van der Waals surface area contributed by atoms with Crippen molar-refractivity contribution >= 4 is 5.69 Å². The molecule has 1 heterocycles. The second kappa shape index (κ2) is 6.04. The van der Waals surface area contributed by atoms with Crippen LogP contribution in [0, 0.1) is 5.82 Å². The summed E-state index contributed by atoms with van der Waals surface area (Å²) in [7, 11) is 0. The number of pyridine rings is 1. The number of anilines is 1. The zero-order chi connectivity index (χ0) is 13.7. The molecular weight excluding hydrogens is 247 g/mol. The number of ether oxygens (including phenoxy) is 1. The molecular formula is C14H15FN2O2. The van der Waals surface area contributed by atoms with Gasteiger partial charge in [0.05, 0.1) is 12.3 Å². The van der Waals surface area contributed by atoms with Gasteiger partial charge in [0.2, 0.25) is 5.88 Å². The number of hydrogen-bond donors (Lipinski definition) is 2. The van der Waals surface area contributed by atoms with E-state index < -0.39 is 5.82 Å². The zero-order valence-corrected chi connectivity index (χ0v) is 10.6. The molecule has 2 rings (SSSR count). The first kappa shape index (κ1) is 13.1. The molecule has 0 atom stereocenters. The number of benzene rings is 1. The largest absolute Gasteiger partial charge is 0.508 e. The first-order chi connectivity index (χ1) is 9.19. The Morgan fingerprint density at radius 3 is 2.95 bits per heavy atom. The second-order valence-electron chi connectivity index (χ2n) is 3.96. The lowest BCUT2D eigenvalue weighted by atomic mass is 10.2.